The van der Waals surface area contributed by atoms with Crippen molar-refractivity contribution in [3.05, 3.63) is 45.9 Å². The molecule has 0 amide bonds. The molecule has 1 atom stereocenters. The van der Waals surface area contributed by atoms with Gasteiger partial charge in [0.1, 0.15) is 5.82 Å². The standard InChI is InChI=1S/C13H13FN2S/c14-9-3-1-8(2-4-9)10-7-17-12-6-16-5-11(15)13(10)12/h1-4,7,11,16H,5-6,15H2. The van der Waals surface area contributed by atoms with Crippen LogP contribution < -0.4 is 11.1 Å². The zero-order valence-corrected chi connectivity index (χ0v) is 10.1. The molecule has 1 aromatic carbocycles. The van der Waals surface area contributed by atoms with Crippen molar-refractivity contribution < 1.29 is 4.39 Å². The molecule has 0 fully saturated rings. The van der Waals surface area contributed by atoms with Gasteiger partial charge >= 0.3 is 0 Å². The highest BCUT2D eigenvalue weighted by molar-refractivity contribution is 7.10. The molecule has 0 saturated heterocycles. The van der Waals surface area contributed by atoms with Gasteiger partial charge in [-0.05, 0) is 34.2 Å². The second-order valence-electron chi connectivity index (χ2n) is 4.23. The summed E-state index contributed by atoms with van der Waals surface area (Å²) in [5.74, 6) is -0.205. The van der Waals surface area contributed by atoms with Crippen LogP contribution in [0, 0.1) is 5.82 Å². The summed E-state index contributed by atoms with van der Waals surface area (Å²) in [5.41, 5.74) is 9.55. The second-order valence-corrected chi connectivity index (χ2v) is 5.19. The molecule has 0 bridgehead atoms. The maximum Gasteiger partial charge on any atom is 0.123 e. The van der Waals surface area contributed by atoms with Crippen molar-refractivity contribution in [2.24, 2.45) is 5.73 Å². The van der Waals surface area contributed by atoms with Crippen molar-refractivity contribution in [2.45, 2.75) is 12.6 Å². The van der Waals surface area contributed by atoms with Gasteiger partial charge in [0.15, 0.2) is 0 Å². The molecule has 3 rings (SSSR count). The number of nitrogens with one attached hydrogen (secondary N) is 1. The van der Waals surface area contributed by atoms with Crippen LogP contribution in [0.25, 0.3) is 11.1 Å². The number of fused-ring (bicyclic) bond motifs is 1. The Morgan fingerprint density at radius 3 is 2.82 bits per heavy atom. The molecule has 2 aromatic rings. The molecule has 3 N–H and O–H groups in total. The number of rotatable bonds is 1. The molecule has 0 aliphatic carbocycles. The number of thiophene rings is 1. The third-order valence-electron chi connectivity index (χ3n) is 3.09. The Hall–Kier alpha value is -1.23. The van der Waals surface area contributed by atoms with Crippen molar-refractivity contribution in [2.75, 3.05) is 6.54 Å². The largest absolute Gasteiger partial charge is 0.323 e. The average molecular weight is 248 g/mol. The third kappa shape index (κ3) is 1.88. The van der Waals surface area contributed by atoms with Gasteiger partial charge in [-0.2, -0.15) is 0 Å². The number of nitrogens with two attached hydrogens (primary N) is 1. The summed E-state index contributed by atoms with van der Waals surface area (Å²) in [4.78, 5) is 1.29. The average Bonchev–Trinajstić information content (AvgIpc) is 2.75. The van der Waals surface area contributed by atoms with E-state index in [-0.39, 0.29) is 11.9 Å². The van der Waals surface area contributed by atoms with Crippen LogP contribution in [0.3, 0.4) is 0 Å². The van der Waals surface area contributed by atoms with Gasteiger partial charge < -0.3 is 11.1 Å². The molecule has 1 aliphatic rings. The first-order chi connectivity index (χ1) is 8.25. The molecule has 4 heteroatoms. The Bertz CT molecular complexity index is 533. The van der Waals surface area contributed by atoms with Crippen molar-refractivity contribution in [1.29, 1.82) is 0 Å². The predicted molar refractivity (Wildman–Crippen MR) is 68.3 cm³/mol. The van der Waals surface area contributed by atoms with Gasteiger partial charge in [0, 0.05) is 24.0 Å². The van der Waals surface area contributed by atoms with Gasteiger partial charge in [0.25, 0.3) is 0 Å². The van der Waals surface area contributed by atoms with Gasteiger partial charge in [-0.1, -0.05) is 12.1 Å². The lowest BCUT2D eigenvalue weighted by Gasteiger charge is -2.21. The molecule has 17 heavy (non-hydrogen) atoms. The van der Waals surface area contributed by atoms with E-state index in [1.807, 2.05) is 12.1 Å². The molecule has 1 unspecified atom stereocenters. The van der Waals surface area contributed by atoms with E-state index in [9.17, 15) is 4.39 Å². The van der Waals surface area contributed by atoms with Gasteiger partial charge in [0.05, 0.1) is 0 Å². The monoisotopic (exact) mass is 248 g/mol. The van der Waals surface area contributed by atoms with E-state index in [0.717, 1.165) is 24.2 Å². The van der Waals surface area contributed by atoms with Crippen molar-refractivity contribution in [3.63, 3.8) is 0 Å². The highest BCUT2D eigenvalue weighted by Crippen LogP contribution is 2.36. The normalized spacial score (nSPS) is 19.1. The van der Waals surface area contributed by atoms with E-state index in [1.54, 1.807) is 11.3 Å². The van der Waals surface area contributed by atoms with Crippen LogP contribution in [-0.2, 0) is 6.54 Å². The van der Waals surface area contributed by atoms with Crippen LogP contribution in [0.1, 0.15) is 16.5 Å². The topological polar surface area (TPSA) is 38.0 Å². The summed E-state index contributed by atoms with van der Waals surface area (Å²) < 4.78 is 12.9. The Balaban J connectivity index is 2.09. The van der Waals surface area contributed by atoms with E-state index in [4.69, 9.17) is 5.73 Å². The van der Waals surface area contributed by atoms with E-state index in [1.165, 1.54) is 22.6 Å². The minimum Gasteiger partial charge on any atom is -0.323 e. The van der Waals surface area contributed by atoms with E-state index < -0.39 is 0 Å². The summed E-state index contributed by atoms with van der Waals surface area (Å²) in [6, 6.07) is 6.64. The number of hydrogen-bond donors (Lipinski definition) is 2. The lowest BCUT2D eigenvalue weighted by Crippen LogP contribution is -2.32. The van der Waals surface area contributed by atoms with Crippen LogP contribution >= 0.6 is 11.3 Å². The van der Waals surface area contributed by atoms with Crippen LogP contribution in [0.2, 0.25) is 0 Å². The maximum absolute atomic E-state index is 12.9. The van der Waals surface area contributed by atoms with Gasteiger partial charge in [0.2, 0.25) is 0 Å². The molecule has 88 valence electrons. The van der Waals surface area contributed by atoms with Crippen molar-refractivity contribution >= 4 is 11.3 Å². The highest BCUT2D eigenvalue weighted by atomic mass is 32.1. The molecule has 2 heterocycles. The van der Waals surface area contributed by atoms with Crippen LogP contribution in [0.5, 0.6) is 0 Å². The summed E-state index contributed by atoms with van der Waals surface area (Å²) in [5, 5.41) is 5.41. The molecule has 0 spiro atoms. The zero-order valence-electron chi connectivity index (χ0n) is 9.24. The number of benzene rings is 1. The zero-order chi connectivity index (χ0) is 11.8. The number of hydrogen-bond acceptors (Lipinski definition) is 3. The van der Waals surface area contributed by atoms with Gasteiger partial charge in [-0.3, -0.25) is 0 Å². The minimum absolute atomic E-state index is 0.0325. The smallest absolute Gasteiger partial charge is 0.123 e. The molecule has 0 saturated carbocycles. The first-order valence-corrected chi connectivity index (χ1v) is 6.46. The van der Waals surface area contributed by atoms with E-state index in [0.29, 0.717) is 0 Å². The minimum atomic E-state index is -0.205. The van der Waals surface area contributed by atoms with Crippen molar-refractivity contribution in [1.82, 2.24) is 5.32 Å². The SMILES string of the molecule is NC1CNCc2scc(-c3ccc(F)cc3)c21. The van der Waals surface area contributed by atoms with Crippen LogP contribution in [0.4, 0.5) is 4.39 Å². The van der Waals surface area contributed by atoms with E-state index >= 15 is 0 Å². The molecule has 1 aromatic heterocycles. The highest BCUT2D eigenvalue weighted by Gasteiger charge is 2.22. The fraction of sp³-hybridized carbons (Fsp3) is 0.231. The molecular weight excluding hydrogens is 235 g/mol. The summed E-state index contributed by atoms with van der Waals surface area (Å²) in [7, 11) is 0. The molecule has 1 aliphatic heterocycles. The van der Waals surface area contributed by atoms with E-state index in [2.05, 4.69) is 10.7 Å². The lowest BCUT2D eigenvalue weighted by molar-refractivity contribution is 0.564. The summed E-state index contributed by atoms with van der Waals surface area (Å²) in [6.45, 7) is 1.69. The number of halogens is 1. The van der Waals surface area contributed by atoms with Crippen LogP contribution in [0.15, 0.2) is 29.6 Å². The molecule has 2 nitrogen and oxygen atoms in total. The molecular formula is C13H13FN2S. The Labute approximate surface area is 103 Å². The fourth-order valence-electron chi connectivity index (χ4n) is 2.25. The quantitative estimate of drug-likeness (QED) is 0.814. The Kier molecular flexibility index (Phi) is 2.70. The lowest BCUT2D eigenvalue weighted by atomic mass is 9.96. The summed E-state index contributed by atoms with van der Waals surface area (Å²) in [6.07, 6.45) is 0. The second kappa shape index (κ2) is 4.22. The fourth-order valence-corrected chi connectivity index (χ4v) is 3.34. The first-order valence-electron chi connectivity index (χ1n) is 5.58. The Morgan fingerprint density at radius 2 is 2.06 bits per heavy atom. The Morgan fingerprint density at radius 1 is 1.29 bits per heavy atom. The third-order valence-corrected chi connectivity index (χ3v) is 4.09. The van der Waals surface area contributed by atoms with Gasteiger partial charge in [-0.15, -0.1) is 11.3 Å². The van der Waals surface area contributed by atoms with Crippen molar-refractivity contribution in [3.8, 4) is 11.1 Å². The molecule has 0 radical (unpaired) electrons. The van der Waals surface area contributed by atoms with Crippen LogP contribution in [-0.4, -0.2) is 6.54 Å². The summed E-state index contributed by atoms with van der Waals surface area (Å²) >= 11 is 1.72. The maximum atomic E-state index is 12.9. The predicted octanol–water partition coefficient (Wildman–Crippen LogP) is 2.66. The van der Waals surface area contributed by atoms with Gasteiger partial charge in [-0.25, -0.2) is 4.39 Å². The first kappa shape index (κ1) is 10.9.